The molecule has 3 rings (SSSR count). The second-order valence-electron chi connectivity index (χ2n) is 6.12. The molecule has 10 nitrogen and oxygen atoms in total. The van der Waals surface area contributed by atoms with Crippen LogP contribution < -0.4 is 26.9 Å². The lowest BCUT2D eigenvalue weighted by molar-refractivity contribution is 0.482. The van der Waals surface area contributed by atoms with Crippen LogP contribution in [0, 0.1) is 0 Å². The molecule has 0 aliphatic heterocycles. The average Bonchev–Trinajstić information content (AvgIpc) is 2.66. The number of rotatable bonds is 6. The fraction of sp³-hybridized carbons (Fsp3) is 0.167. The summed E-state index contributed by atoms with van der Waals surface area (Å²) in [6, 6.07) is 11.6. The van der Waals surface area contributed by atoms with E-state index >= 15 is 0 Å². The zero-order chi connectivity index (χ0) is 21.2. The Kier molecular flexibility index (Phi) is 5.52. The first kappa shape index (κ1) is 20.3. The molecule has 1 aromatic heterocycles. The highest BCUT2D eigenvalue weighted by Crippen LogP contribution is 2.23. The Hall–Kier alpha value is -3.44. The normalized spacial score (nSPS) is 11.4. The van der Waals surface area contributed by atoms with E-state index in [1.165, 1.54) is 48.5 Å². The summed E-state index contributed by atoms with van der Waals surface area (Å²) in [6.07, 6.45) is 0.554. The summed E-state index contributed by atoms with van der Waals surface area (Å²) in [5.41, 5.74) is -2.05. The second kappa shape index (κ2) is 7.89. The maximum Gasteiger partial charge on any atom is 0.340 e. The van der Waals surface area contributed by atoms with Gasteiger partial charge in [0, 0.05) is 6.54 Å². The van der Waals surface area contributed by atoms with Crippen molar-refractivity contribution in [1.82, 2.24) is 14.1 Å². The van der Waals surface area contributed by atoms with Crippen LogP contribution >= 0.6 is 0 Å². The van der Waals surface area contributed by atoms with Gasteiger partial charge in [-0.15, -0.1) is 0 Å². The molecule has 0 aliphatic carbocycles. The summed E-state index contributed by atoms with van der Waals surface area (Å²) in [6.45, 7) is 1.99. The summed E-state index contributed by atoms with van der Waals surface area (Å²) in [4.78, 5) is 38.5. The van der Waals surface area contributed by atoms with Gasteiger partial charge in [-0.1, -0.05) is 6.92 Å². The van der Waals surface area contributed by atoms with Gasteiger partial charge in [0.25, 0.3) is 0 Å². The van der Waals surface area contributed by atoms with E-state index in [1.54, 1.807) is 0 Å². The van der Waals surface area contributed by atoms with Gasteiger partial charge < -0.3 is 4.74 Å². The maximum absolute atomic E-state index is 12.5. The fourth-order valence-corrected chi connectivity index (χ4v) is 3.17. The average molecular weight is 418 g/mol. The molecule has 29 heavy (non-hydrogen) atoms. The van der Waals surface area contributed by atoms with Crippen molar-refractivity contribution in [2.24, 2.45) is 5.14 Å². The van der Waals surface area contributed by atoms with Gasteiger partial charge in [0.15, 0.2) is 0 Å². The lowest BCUT2D eigenvalue weighted by Gasteiger charge is -2.10. The van der Waals surface area contributed by atoms with Crippen molar-refractivity contribution in [2.45, 2.75) is 24.8 Å². The minimum atomic E-state index is -3.79. The molecule has 3 N–H and O–H groups in total. The molecule has 3 aromatic rings. The Labute approximate surface area is 164 Å². The van der Waals surface area contributed by atoms with E-state index in [-0.39, 0.29) is 17.1 Å². The smallest absolute Gasteiger partial charge is 0.340 e. The number of sulfonamides is 1. The number of nitrogens with zero attached hydrogens (tertiary/aromatic N) is 2. The van der Waals surface area contributed by atoms with Crippen LogP contribution in [0.1, 0.15) is 13.3 Å². The van der Waals surface area contributed by atoms with Crippen molar-refractivity contribution in [1.29, 1.82) is 0 Å². The van der Waals surface area contributed by atoms with E-state index in [4.69, 9.17) is 9.88 Å². The Morgan fingerprint density at radius 2 is 1.48 bits per heavy atom. The van der Waals surface area contributed by atoms with Crippen LogP contribution in [0.15, 0.2) is 67.8 Å². The molecule has 0 fully saturated rings. The third-order valence-electron chi connectivity index (χ3n) is 4.01. The predicted octanol–water partition coefficient (Wildman–Crippen LogP) is 0.537. The first-order chi connectivity index (χ1) is 13.7. The topological polar surface area (TPSA) is 146 Å². The molecule has 0 amide bonds. The van der Waals surface area contributed by atoms with Crippen LogP contribution in [0.3, 0.4) is 0 Å². The third-order valence-corrected chi connectivity index (χ3v) is 4.94. The van der Waals surface area contributed by atoms with Crippen molar-refractivity contribution < 1.29 is 13.2 Å². The van der Waals surface area contributed by atoms with Crippen LogP contribution in [0.25, 0.3) is 5.69 Å². The maximum atomic E-state index is 12.5. The molecule has 11 heteroatoms. The van der Waals surface area contributed by atoms with Crippen molar-refractivity contribution in [2.75, 3.05) is 0 Å². The first-order valence-corrected chi connectivity index (χ1v) is 10.1. The van der Waals surface area contributed by atoms with E-state index in [2.05, 4.69) is 4.98 Å². The monoisotopic (exact) mass is 418 g/mol. The number of hydrogen-bond donors (Lipinski definition) is 2. The minimum absolute atomic E-state index is 0.0407. The summed E-state index contributed by atoms with van der Waals surface area (Å²) in [7, 11) is -3.79. The highest BCUT2D eigenvalue weighted by atomic mass is 32.2. The molecule has 0 saturated carbocycles. The van der Waals surface area contributed by atoms with Crippen LogP contribution in [0.4, 0.5) is 0 Å². The van der Waals surface area contributed by atoms with Crippen molar-refractivity contribution in [3.63, 3.8) is 0 Å². The summed E-state index contributed by atoms with van der Waals surface area (Å²) in [5, 5.41) is 5.05. The highest BCUT2D eigenvalue weighted by molar-refractivity contribution is 7.89. The van der Waals surface area contributed by atoms with Gasteiger partial charge in [-0.05, 0) is 55.0 Å². The number of nitrogens with two attached hydrogens (primary N) is 1. The van der Waals surface area contributed by atoms with Gasteiger partial charge in [0.05, 0.1) is 10.6 Å². The number of hydrogen-bond acceptors (Lipinski definition) is 6. The van der Waals surface area contributed by atoms with Crippen molar-refractivity contribution >= 4 is 10.0 Å². The number of H-pyrrole nitrogens is 1. The molecule has 0 radical (unpaired) electrons. The third kappa shape index (κ3) is 4.36. The molecule has 0 bridgehead atoms. The Morgan fingerprint density at radius 3 is 2.00 bits per heavy atom. The largest absolute Gasteiger partial charge is 0.457 e. The van der Waals surface area contributed by atoms with Crippen LogP contribution in [0.5, 0.6) is 11.5 Å². The standard InChI is InChI=1S/C18H18N4O6S/c1-2-11-21-16(23)20-17(24)22(18(21)25)12-3-5-13(6-4-12)28-14-7-9-15(10-8-14)29(19,26)27/h3-10H,2,11H2,1H3,(H2,19,26,27)(H,20,23,24). The van der Waals surface area contributed by atoms with Gasteiger partial charge in [-0.3, -0.25) is 4.98 Å². The minimum Gasteiger partial charge on any atom is -0.457 e. The van der Waals surface area contributed by atoms with Gasteiger partial charge >= 0.3 is 17.1 Å². The van der Waals surface area contributed by atoms with Gasteiger partial charge in [0.2, 0.25) is 10.0 Å². The second-order valence-corrected chi connectivity index (χ2v) is 7.68. The number of aromatic amines is 1. The lowest BCUT2D eigenvalue weighted by atomic mass is 10.3. The number of primary sulfonamides is 1. The van der Waals surface area contributed by atoms with Gasteiger partial charge in [0.1, 0.15) is 11.5 Å². The summed E-state index contributed by atoms with van der Waals surface area (Å²) < 4.78 is 30.0. The summed E-state index contributed by atoms with van der Waals surface area (Å²) >= 11 is 0. The van der Waals surface area contributed by atoms with Gasteiger partial charge in [-0.2, -0.15) is 0 Å². The van der Waals surface area contributed by atoms with Crippen LogP contribution in [-0.4, -0.2) is 22.5 Å². The lowest BCUT2D eigenvalue weighted by Crippen LogP contribution is -2.48. The molecule has 2 aromatic carbocycles. The highest BCUT2D eigenvalue weighted by Gasteiger charge is 2.12. The number of aromatic nitrogens is 3. The number of nitrogens with one attached hydrogen (secondary N) is 1. The molecule has 0 atom stereocenters. The SMILES string of the molecule is CCCn1c(=O)[nH]c(=O)n(-c2ccc(Oc3ccc(S(N)(=O)=O)cc3)cc2)c1=O. The quantitative estimate of drug-likeness (QED) is 0.597. The molecule has 0 unspecified atom stereocenters. The Bertz CT molecular complexity index is 1300. The van der Waals surface area contributed by atoms with E-state index in [1.807, 2.05) is 6.92 Å². The fourth-order valence-electron chi connectivity index (χ4n) is 2.65. The van der Waals surface area contributed by atoms with Crippen LogP contribution in [-0.2, 0) is 16.6 Å². The predicted molar refractivity (Wildman–Crippen MR) is 105 cm³/mol. The molecule has 152 valence electrons. The van der Waals surface area contributed by atoms with Crippen molar-refractivity contribution in [3.05, 3.63) is 80.0 Å². The molecular weight excluding hydrogens is 400 g/mol. The Morgan fingerprint density at radius 1 is 0.931 bits per heavy atom. The molecule has 1 heterocycles. The molecular formula is C18H18N4O6S. The molecule has 0 spiro atoms. The van der Waals surface area contributed by atoms with Crippen LogP contribution in [0.2, 0.25) is 0 Å². The first-order valence-electron chi connectivity index (χ1n) is 8.58. The molecule has 0 saturated heterocycles. The van der Waals surface area contributed by atoms with Crippen molar-refractivity contribution in [3.8, 4) is 17.2 Å². The summed E-state index contributed by atoms with van der Waals surface area (Å²) in [5.74, 6) is 0.764. The molecule has 0 aliphatic rings. The zero-order valence-corrected chi connectivity index (χ0v) is 16.2. The number of ether oxygens (including phenoxy) is 1. The van der Waals surface area contributed by atoms with E-state index in [9.17, 15) is 22.8 Å². The van der Waals surface area contributed by atoms with E-state index < -0.39 is 27.1 Å². The Balaban J connectivity index is 1.90. The van der Waals surface area contributed by atoms with E-state index in [0.717, 1.165) is 9.13 Å². The van der Waals surface area contributed by atoms with Gasteiger partial charge in [-0.25, -0.2) is 37.1 Å². The number of benzene rings is 2. The zero-order valence-electron chi connectivity index (χ0n) is 15.4. The van der Waals surface area contributed by atoms with E-state index in [0.29, 0.717) is 17.9 Å².